The van der Waals surface area contributed by atoms with E-state index >= 15 is 0 Å². The Bertz CT molecular complexity index is 948. The van der Waals surface area contributed by atoms with Crippen molar-refractivity contribution in [3.8, 4) is 0 Å². The summed E-state index contributed by atoms with van der Waals surface area (Å²) in [6.45, 7) is 0.408. The van der Waals surface area contributed by atoms with Gasteiger partial charge in [0.1, 0.15) is 0 Å². The molecule has 5 rings (SSSR count). The predicted molar refractivity (Wildman–Crippen MR) is 105 cm³/mol. The van der Waals surface area contributed by atoms with Crippen LogP contribution in [0.25, 0.3) is 10.2 Å². The van der Waals surface area contributed by atoms with Crippen molar-refractivity contribution in [3.05, 3.63) is 42.6 Å². The third kappa shape index (κ3) is 2.50. The Labute approximate surface area is 155 Å². The number of amides is 1. The fraction of sp³-hybridized carbons (Fsp3) is 0.316. The molecule has 0 unspecified atom stereocenters. The summed E-state index contributed by atoms with van der Waals surface area (Å²) in [6, 6.07) is 12.7. The van der Waals surface area contributed by atoms with Crippen LogP contribution in [-0.2, 0) is 4.79 Å². The number of carbonyl (C=O) groups is 1. The molecule has 0 radical (unpaired) electrons. The van der Waals surface area contributed by atoms with Crippen LogP contribution in [0.1, 0.15) is 12.8 Å². The lowest BCUT2D eigenvalue weighted by atomic mass is 9.85. The first-order valence-corrected chi connectivity index (χ1v) is 9.61. The minimum Gasteiger partial charge on any atom is -0.362 e. The van der Waals surface area contributed by atoms with Crippen molar-refractivity contribution < 1.29 is 4.79 Å². The average Bonchev–Trinajstić information content (AvgIpc) is 3.02. The zero-order valence-corrected chi connectivity index (χ0v) is 15.2. The number of carbonyl (C=O) groups excluding carboxylic acids is 1. The Hall–Kier alpha value is -2.67. The van der Waals surface area contributed by atoms with Gasteiger partial charge in [-0.2, -0.15) is 0 Å². The Balaban J connectivity index is 1.30. The molecule has 6 nitrogen and oxygen atoms in total. The number of thiazole rings is 1. The van der Waals surface area contributed by atoms with E-state index in [9.17, 15) is 4.79 Å². The first kappa shape index (κ1) is 15.6. The van der Waals surface area contributed by atoms with Crippen molar-refractivity contribution in [1.82, 2.24) is 9.97 Å². The van der Waals surface area contributed by atoms with Gasteiger partial charge in [-0.1, -0.05) is 23.5 Å². The van der Waals surface area contributed by atoms with Crippen LogP contribution < -0.4 is 15.1 Å². The monoisotopic (exact) mass is 365 g/mol. The first-order valence-electron chi connectivity index (χ1n) is 8.79. The zero-order chi connectivity index (χ0) is 17.7. The van der Waals surface area contributed by atoms with Crippen LogP contribution in [-0.4, -0.2) is 41.6 Å². The number of hydrogen-bond acceptors (Lipinski definition) is 6. The summed E-state index contributed by atoms with van der Waals surface area (Å²) in [4.78, 5) is 25.6. The second-order valence-electron chi connectivity index (χ2n) is 6.92. The van der Waals surface area contributed by atoms with Crippen LogP contribution in [0.15, 0.2) is 42.6 Å². The van der Waals surface area contributed by atoms with Crippen LogP contribution in [0.3, 0.4) is 0 Å². The highest BCUT2D eigenvalue weighted by molar-refractivity contribution is 7.22. The quantitative estimate of drug-likeness (QED) is 0.773. The summed E-state index contributed by atoms with van der Waals surface area (Å²) in [5, 5.41) is 4.48. The molecule has 0 spiro atoms. The standard InChI is InChI=1S/C19H19N5OS/c1-23-11-17(25)24(18-15(23)6-4-8-20-18)13-9-12(10-13)21-19-22-14-5-2-3-7-16(14)26-19/h2-8,12-13H,9-11H2,1H3,(H,21,22). The molecule has 0 bridgehead atoms. The molecule has 2 aromatic heterocycles. The molecule has 0 atom stereocenters. The van der Waals surface area contributed by atoms with Gasteiger partial charge >= 0.3 is 0 Å². The van der Waals surface area contributed by atoms with E-state index in [1.807, 2.05) is 47.2 Å². The zero-order valence-electron chi connectivity index (χ0n) is 14.4. The van der Waals surface area contributed by atoms with E-state index < -0.39 is 0 Å². The molecule has 1 N–H and O–H groups in total. The second-order valence-corrected chi connectivity index (χ2v) is 7.95. The lowest BCUT2D eigenvalue weighted by Crippen LogP contribution is -2.56. The van der Waals surface area contributed by atoms with Crippen LogP contribution >= 0.6 is 11.3 Å². The Morgan fingerprint density at radius 2 is 2.04 bits per heavy atom. The Morgan fingerprint density at radius 1 is 1.19 bits per heavy atom. The molecule has 1 aromatic carbocycles. The summed E-state index contributed by atoms with van der Waals surface area (Å²) < 4.78 is 1.19. The molecule has 1 fully saturated rings. The number of anilines is 3. The van der Waals surface area contributed by atoms with Gasteiger partial charge in [0.15, 0.2) is 10.9 Å². The molecule has 1 saturated carbocycles. The number of rotatable bonds is 3. The van der Waals surface area contributed by atoms with Crippen molar-refractivity contribution in [1.29, 1.82) is 0 Å². The van der Waals surface area contributed by atoms with Gasteiger partial charge in [0.05, 0.1) is 22.4 Å². The van der Waals surface area contributed by atoms with Gasteiger partial charge in [-0.05, 0) is 37.1 Å². The minimum absolute atomic E-state index is 0.127. The van der Waals surface area contributed by atoms with E-state index in [2.05, 4.69) is 21.4 Å². The lowest BCUT2D eigenvalue weighted by Gasteiger charge is -2.45. The van der Waals surface area contributed by atoms with Gasteiger partial charge in [0, 0.05) is 25.3 Å². The number of nitrogens with one attached hydrogen (secondary N) is 1. The van der Waals surface area contributed by atoms with E-state index in [1.54, 1.807) is 17.5 Å². The number of pyridine rings is 1. The lowest BCUT2D eigenvalue weighted by molar-refractivity contribution is -0.118. The predicted octanol–water partition coefficient (Wildman–Crippen LogP) is 3.12. The first-order chi connectivity index (χ1) is 12.7. The fourth-order valence-electron chi connectivity index (χ4n) is 3.76. The van der Waals surface area contributed by atoms with E-state index in [1.165, 1.54) is 4.70 Å². The molecule has 0 saturated heterocycles. The maximum absolute atomic E-state index is 12.6. The third-order valence-electron chi connectivity index (χ3n) is 5.15. The fourth-order valence-corrected chi connectivity index (χ4v) is 4.70. The normalized spacial score (nSPS) is 22.3. The van der Waals surface area contributed by atoms with Crippen molar-refractivity contribution >= 4 is 44.1 Å². The Kier molecular flexibility index (Phi) is 3.56. The molecule has 1 aliphatic carbocycles. The molecule has 132 valence electrons. The highest BCUT2D eigenvalue weighted by atomic mass is 32.1. The summed E-state index contributed by atoms with van der Waals surface area (Å²) in [7, 11) is 1.94. The Morgan fingerprint density at radius 3 is 2.88 bits per heavy atom. The highest BCUT2D eigenvalue weighted by Gasteiger charge is 2.41. The molecular weight excluding hydrogens is 346 g/mol. The van der Waals surface area contributed by atoms with Gasteiger partial charge in [0.25, 0.3) is 0 Å². The van der Waals surface area contributed by atoms with Crippen molar-refractivity contribution in [2.75, 3.05) is 28.7 Å². The second kappa shape index (κ2) is 5.95. The number of fused-ring (bicyclic) bond motifs is 2. The molecule has 3 heterocycles. The largest absolute Gasteiger partial charge is 0.362 e. The maximum Gasteiger partial charge on any atom is 0.247 e. The maximum atomic E-state index is 12.6. The smallest absolute Gasteiger partial charge is 0.247 e. The molecule has 2 aliphatic rings. The molecular formula is C19H19N5OS. The third-order valence-corrected chi connectivity index (χ3v) is 6.11. The van der Waals surface area contributed by atoms with E-state index in [-0.39, 0.29) is 11.9 Å². The molecule has 26 heavy (non-hydrogen) atoms. The van der Waals surface area contributed by atoms with Crippen molar-refractivity contribution in [2.45, 2.75) is 24.9 Å². The SMILES string of the molecule is CN1CC(=O)N(C2CC(Nc3nc4ccccc4s3)C2)c2ncccc21. The molecule has 3 aromatic rings. The summed E-state index contributed by atoms with van der Waals surface area (Å²) in [6.07, 6.45) is 3.59. The van der Waals surface area contributed by atoms with Crippen LogP contribution in [0, 0.1) is 0 Å². The van der Waals surface area contributed by atoms with Crippen molar-refractivity contribution in [3.63, 3.8) is 0 Å². The number of nitrogens with zero attached hydrogens (tertiary/aromatic N) is 4. The van der Waals surface area contributed by atoms with E-state index in [0.29, 0.717) is 12.6 Å². The number of hydrogen-bond donors (Lipinski definition) is 1. The van der Waals surface area contributed by atoms with Crippen molar-refractivity contribution in [2.24, 2.45) is 0 Å². The number of aromatic nitrogens is 2. The summed E-state index contributed by atoms with van der Waals surface area (Å²) in [5.41, 5.74) is 2.05. The molecule has 1 amide bonds. The number of para-hydroxylation sites is 1. The van der Waals surface area contributed by atoms with E-state index in [4.69, 9.17) is 0 Å². The van der Waals surface area contributed by atoms with Crippen LogP contribution in [0.2, 0.25) is 0 Å². The molecule has 7 heteroatoms. The van der Waals surface area contributed by atoms with Crippen LogP contribution in [0.5, 0.6) is 0 Å². The van der Waals surface area contributed by atoms with Gasteiger partial charge in [-0.3, -0.25) is 9.69 Å². The average molecular weight is 365 g/mol. The molecule has 1 aliphatic heterocycles. The van der Waals surface area contributed by atoms with Crippen LogP contribution in [0.4, 0.5) is 16.6 Å². The number of likely N-dealkylation sites (N-methyl/N-ethyl adjacent to an activating group) is 1. The van der Waals surface area contributed by atoms with Gasteiger partial charge in [-0.15, -0.1) is 0 Å². The highest BCUT2D eigenvalue weighted by Crippen LogP contribution is 2.38. The van der Waals surface area contributed by atoms with Gasteiger partial charge in [0.2, 0.25) is 5.91 Å². The van der Waals surface area contributed by atoms with Gasteiger partial charge < -0.3 is 10.2 Å². The topological polar surface area (TPSA) is 61.4 Å². The number of benzene rings is 1. The summed E-state index contributed by atoms with van der Waals surface area (Å²) >= 11 is 1.68. The summed E-state index contributed by atoms with van der Waals surface area (Å²) in [5.74, 6) is 0.914. The van der Waals surface area contributed by atoms with E-state index in [0.717, 1.165) is 35.0 Å². The van der Waals surface area contributed by atoms with Gasteiger partial charge in [-0.25, -0.2) is 9.97 Å². The minimum atomic E-state index is 0.127.